The molecule has 1 aromatic heterocycles. The Morgan fingerprint density at radius 3 is 2.76 bits per heavy atom. The van der Waals surface area contributed by atoms with Crippen LogP contribution in [0.5, 0.6) is 0 Å². The van der Waals surface area contributed by atoms with E-state index in [1.54, 1.807) is 0 Å². The highest BCUT2D eigenvalue weighted by atomic mass is 15.3. The van der Waals surface area contributed by atoms with E-state index >= 15 is 0 Å². The van der Waals surface area contributed by atoms with Gasteiger partial charge in [0.2, 0.25) is 0 Å². The molecule has 0 aliphatic carbocycles. The first-order chi connectivity index (χ1) is 8.18. The number of piperazine rings is 1. The monoisotopic (exact) mass is 236 g/mol. The van der Waals surface area contributed by atoms with Crippen LogP contribution in [-0.4, -0.2) is 49.3 Å². The molecular weight excluding hydrogens is 212 g/mol. The minimum atomic E-state index is 0.189. The second-order valence-corrected chi connectivity index (χ2v) is 5.44. The van der Waals surface area contributed by atoms with E-state index < -0.39 is 0 Å². The van der Waals surface area contributed by atoms with E-state index in [-0.39, 0.29) is 5.41 Å². The fraction of sp³-hybridized carbons (Fsp3) is 0.692. The molecule has 0 spiro atoms. The van der Waals surface area contributed by atoms with E-state index in [4.69, 9.17) is 0 Å². The number of aromatic nitrogens is 1. The van der Waals surface area contributed by atoms with Gasteiger partial charge in [0.05, 0.1) is 0 Å². The molecule has 0 saturated carbocycles. The van der Waals surface area contributed by atoms with Crippen molar-refractivity contribution in [2.75, 3.05) is 39.4 Å². The molecule has 0 aromatic carbocycles. The molecule has 1 fully saturated rings. The van der Waals surface area contributed by atoms with Crippen molar-refractivity contribution >= 4 is 0 Å². The van der Waals surface area contributed by atoms with Gasteiger partial charge in [0.25, 0.3) is 0 Å². The molecule has 2 rings (SSSR count). The molecule has 1 aromatic rings. The van der Waals surface area contributed by atoms with Crippen molar-refractivity contribution in [3.8, 4) is 0 Å². The Morgan fingerprint density at radius 2 is 2.12 bits per heavy atom. The van der Waals surface area contributed by atoms with E-state index in [0.29, 0.717) is 0 Å². The average Bonchev–Trinajstić information content (AvgIpc) is 2.84. The van der Waals surface area contributed by atoms with E-state index in [1.165, 1.54) is 5.56 Å². The molecule has 0 atom stereocenters. The Hall–Kier alpha value is -0.840. The second-order valence-electron chi connectivity index (χ2n) is 5.44. The van der Waals surface area contributed by atoms with Crippen molar-refractivity contribution in [3.05, 3.63) is 24.0 Å². The second kappa shape index (κ2) is 5.67. The van der Waals surface area contributed by atoms with Gasteiger partial charge < -0.3 is 15.6 Å². The van der Waals surface area contributed by atoms with Crippen LogP contribution in [0.25, 0.3) is 0 Å². The molecule has 0 unspecified atom stereocenters. The van der Waals surface area contributed by atoms with Gasteiger partial charge in [-0.15, -0.1) is 0 Å². The Balaban J connectivity index is 1.74. The summed E-state index contributed by atoms with van der Waals surface area (Å²) in [6.07, 6.45) is 4.08. The molecule has 4 heteroatoms. The number of rotatable bonds is 5. The number of H-pyrrole nitrogens is 1. The highest BCUT2D eigenvalue weighted by Gasteiger charge is 2.20. The van der Waals surface area contributed by atoms with Gasteiger partial charge in [0.1, 0.15) is 0 Å². The molecule has 2 heterocycles. The summed E-state index contributed by atoms with van der Waals surface area (Å²) in [5, 5.41) is 6.94. The SMILES string of the molecule is CC(C)(CNCN1CCNCC1)c1cc[nH]c1. The molecule has 1 aliphatic rings. The Morgan fingerprint density at radius 1 is 1.35 bits per heavy atom. The van der Waals surface area contributed by atoms with Crippen LogP contribution < -0.4 is 10.6 Å². The van der Waals surface area contributed by atoms with Crippen LogP contribution in [0.4, 0.5) is 0 Å². The quantitative estimate of drug-likeness (QED) is 0.706. The average molecular weight is 236 g/mol. The Labute approximate surface area is 104 Å². The lowest BCUT2D eigenvalue weighted by molar-refractivity contribution is 0.218. The largest absolute Gasteiger partial charge is 0.367 e. The standard InChI is InChI=1S/C13H24N4/c1-13(2,12-3-4-15-9-12)10-16-11-17-7-5-14-6-8-17/h3-4,9,14-16H,5-8,10-11H2,1-2H3. The molecule has 3 N–H and O–H groups in total. The molecule has 1 saturated heterocycles. The first kappa shape index (κ1) is 12.6. The van der Waals surface area contributed by atoms with E-state index in [2.05, 4.69) is 46.6 Å². The van der Waals surface area contributed by atoms with Gasteiger partial charge >= 0.3 is 0 Å². The Bertz CT molecular complexity index is 312. The van der Waals surface area contributed by atoms with Crippen molar-refractivity contribution in [3.63, 3.8) is 0 Å². The lowest BCUT2D eigenvalue weighted by Gasteiger charge is -2.30. The van der Waals surface area contributed by atoms with Crippen LogP contribution in [0.15, 0.2) is 18.5 Å². The minimum Gasteiger partial charge on any atom is -0.367 e. The lowest BCUT2D eigenvalue weighted by Crippen LogP contribution is -2.48. The van der Waals surface area contributed by atoms with Crippen LogP contribution in [-0.2, 0) is 5.41 Å². The minimum absolute atomic E-state index is 0.189. The fourth-order valence-corrected chi connectivity index (χ4v) is 2.24. The van der Waals surface area contributed by atoms with Gasteiger partial charge in [-0.3, -0.25) is 4.90 Å². The van der Waals surface area contributed by atoms with Crippen LogP contribution in [0, 0.1) is 0 Å². The van der Waals surface area contributed by atoms with Crippen molar-refractivity contribution in [1.82, 2.24) is 20.5 Å². The summed E-state index contributed by atoms with van der Waals surface area (Å²) in [4.78, 5) is 5.59. The molecule has 17 heavy (non-hydrogen) atoms. The number of aromatic amines is 1. The highest BCUT2D eigenvalue weighted by Crippen LogP contribution is 2.21. The van der Waals surface area contributed by atoms with E-state index in [1.807, 2.05) is 6.20 Å². The van der Waals surface area contributed by atoms with Crippen LogP contribution in [0.2, 0.25) is 0 Å². The summed E-state index contributed by atoms with van der Waals surface area (Å²) in [7, 11) is 0. The number of nitrogens with one attached hydrogen (secondary N) is 3. The van der Waals surface area contributed by atoms with Gasteiger partial charge in [-0.05, 0) is 11.6 Å². The van der Waals surface area contributed by atoms with Gasteiger partial charge in [-0.2, -0.15) is 0 Å². The van der Waals surface area contributed by atoms with Crippen molar-refractivity contribution in [2.45, 2.75) is 19.3 Å². The maximum atomic E-state index is 3.57. The van der Waals surface area contributed by atoms with Crippen LogP contribution in [0.1, 0.15) is 19.4 Å². The molecule has 96 valence electrons. The third-order valence-corrected chi connectivity index (χ3v) is 3.49. The third-order valence-electron chi connectivity index (χ3n) is 3.49. The van der Waals surface area contributed by atoms with Crippen LogP contribution in [0.3, 0.4) is 0 Å². The van der Waals surface area contributed by atoms with Gasteiger partial charge in [-0.25, -0.2) is 0 Å². The number of hydrogen-bond donors (Lipinski definition) is 3. The zero-order valence-corrected chi connectivity index (χ0v) is 10.9. The summed E-state index contributed by atoms with van der Waals surface area (Å²) in [5.41, 5.74) is 1.55. The highest BCUT2D eigenvalue weighted by molar-refractivity contribution is 5.20. The maximum absolute atomic E-state index is 3.57. The van der Waals surface area contributed by atoms with Crippen LogP contribution >= 0.6 is 0 Å². The topological polar surface area (TPSA) is 43.1 Å². The van der Waals surface area contributed by atoms with Gasteiger partial charge in [-0.1, -0.05) is 13.8 Å². The molecule has 1 aliphatic heterocycles. The first-order valence-electron chi connectivity index (χ1n) is 6.45. The molecule has 0 amide bonds. The summed E-state index contributed by atoms with van der Waals surface area (Å²) < 4.78 is 0. The summed E-state index contributed by atoms with van der Waals surface area (Å²) in [6, 6.07) is 2.16. The summed E-state index contributed by atoms with van der Waals surface area (Å²) in [6.45, 7) is 11.1. The molecular formula is C13H24N4. The Kier molecular flexibility index (Phi) is 4.20. The number of hydrogen-bond acceptors (Lipinski definition) is 3. The molecule has 0 bridgehead atoms. The third kappa shape index (κ3) is 3.56. The normalized spacial score (nSPS) is 18.5. The lowest BCUT2D eigenvalue weighted by atomic mass is 9.86. The van der Waals surface area contributed by atoms with Gasteiger partial charge in [0, 0.05) is 57.2 Å². The van der Waals surface area contributed by atoms with Gasteiger partial charge in [0.15, 0.2) is 0 Å². The van der Waals surface area contributed by atoms with Crippen molar-refractivity contribution < 1.29 is 0 Å². The first-order valence-corrected chi connectivity index (χ1v) is 6.45. The molecule has 0 radical (unpaired) electrons. The van der Waals surface area contributed by atoms with E-state index in [0.717, 1.165) is 39.4 Å². The maximum Gasteiger partial charge on any atom is 0.0481 e. The number of nitrogens with zero attached hydrogens (tertiary/aromatic N) is 1. The van der Waals surface area contributed by atoms with Crippen molar-refractivity contribution in [1.29, 1.82) is 0 Å². The predicted molar refractivity (Wildman–Crippen MR) is 71.1 cm³/mol. The summed E-state index contributed by atoms with van der Waals surface area (Å²) >= 11 is 0. The smallest absolute Gasteiger partial charge is 0.0481 e. The molecule has 4 nitrogen and oxygen atoms in total. The zero-order valence-electron chi connectivity index (χ0n) is 10.9. The predicted octanol–water partition coefficient (Wildman–Crippen LogP) is 0.745. The van der Waals surface area contributed by atoms with E-state index in [9.17, 15) is 0 Å². The zero-order chi connectivity index (χ0) is 12.1. The van der Waals surface area contributed by atoms with Crippen molar-refractivity contribution in [2.24, 2.45) is 0 Å². The fourth-order valence-electron chi connectivity index (χ4n) is 2.24. The summed E-state index contributed by atoms with van der Waals surface area (Å²) in [5.74, 6) is 0.